The molecule has 0 atom stereocenters. The molecule has 35 heavy (non-hydrogen) atoms. The molecule has 2 heterocycles. The van der Waals surface area contributed by atoms with Crippen LogP contribution in [0.25, 0.3) is 0 Å². The number of non-ortho nitro benzene ring substituents is 2. The molecule has 4 rings (SSSR count). The van der Waals surface area contributed by atoms with Gasteiger partial charge in [0.05, 0.1) is 21.5 Å². The molecule has 1 aliphatic rings. The first-order valence-electron chi connectivity index (χ1n) is 10.9. The number of benzene rings is 2. The van der Waals surface area contributed by atoms with Crippen molar-refractivity contribution in [3.05, 3.63) is 85.7 Å². The van der Waals surface area contributed by atoms with Crippen LogP contribution in [0.2, 0.25) is 0 Å². The highest BCUT2D eigenvalue weighted by Crippen LogP contribution is 2.25. The maximum atomic E-state index is 13.0. The van der Waals surface area contributed by atoms with Gasteiger partial charge in [0.2, 0.25) is 0 Å². The van der Waals surface area contributed by atoms with Gasteiger partial charge in [-0.25, -0.2) is 9.97 Å². The summed E-state index contributed by atoms with van der Waals surface area (Å²) < 4.78 is 0. The van der Waals surface area contributed by atoms with Gasteiger partial charge in [-0.2, -0.15) is 0 Å². The van der Waals surface area contributed by atoms with E-state index < -0.39 is 27.1 Å². The molecular weight excluding hydrogens is 454 g/mol. The number of nitrogens with zero attached hydrogens (tertiary/aromatic N) is 6. The lowest BCUT2D eigenvalue weighted by molar-refractivity contribution is -0.394. The van der Waals surface area contributed by atoms with Crippen LogP contribution in [0.1, 0.15) is 21.7 Å². The predicted octanol–water partition coefficient (Wildman–Crippen LogP) is 3.62. The molecule has 0 unspecified atom stereocenters. The summed E-state index contributed by atoms with van der Waals surface area (Å²) in [6.07, 6.45) is 0. The van der Waals surface area contributed by atoms with Gasteiger partial charge < -0.3 is 15.1 Å². The van der Waals surface area contributed by atoms with Gasteiger partial charge in [-0.05, 0) is 26.0 Å². The first-order valence-corrected chi connectivity index (χ1v) is 10.9. The van der Waals surface area contributed by atoms with Gasteiger partial charge in [0.1, 0.15) is 17.5 Å². The van der Waals surface area contributed by atoms with Gasteiger partial charge >= 0.3 is 0 Å². The van der Waals surface area contributed by atoms with Crippen molar-refractivity contribution in [2.45, 2.75) is 13.8 Å². The number of anilines is 3. The lowest BCUT2D eigenvalue weighted by Gasteiger charge is -2.35. The quantitative estimate of drug-likeness (QED) is 0.415. The summed E-state index contributed by atoms with van der Waals surface area (Å²) in [7, 11) is 0. The maximum absolute atomic E-state index is 13.0. The van der Waals surface area contributed by atoms with Crippen molar-refractivity contribution >= 4 is 34.6 Å². The third kappa shape index (κ3) is 5.49. The molecule has 0 radical (unpaired) electrons. The largest absolute Gasteiger partial charge is 0.353 e. The van der Waals surface area contributed by atoms with E-state index in [4.69, 9.17) is 0 Å². The molecule has 180 valence electrons. The Morgan fingerprint density at radius 3 is 2.06 bits per heavy atom. The highest BCUT2D eigenvalue weighted by Gasteiger charge is 2.26. The van der Waals surface area contributed by atoms with E-state index in [1.165, 1.54) is 4.90 Å². The van der Waals surface area contributed by atoms with Crippen LogP contribution < -0.4 is 10.2 Å². The normalized spacial score (nSPS) is 13.4. The monoisotopic (exact) mass is 477 g/mol. The van der Waals surface area contributed by atoms with Gasteiger partial charge in [0.25, 0.3) is 17.3 Å². The number of carbonyl (C=O) groups is 1. The number of hydrogen-bond donors (Lipinski definition) is 1. The van der Waals surface area contributed by atoms with Crippen LogP contribution in [-0.2, 0) is 0 Å². The Hall–Kier alpha value is -4.61. The number of amides is 1. The summed E-state index contributed by atoms with van der Waals surface area (Å²) in [5.74, 6) is 1.47. The molecular formula is C23H23N7O5. The first kappa shape index (κ1) is 23.5. The lowest BCUT2D eigenvalue weighted by Crippen LogP contribution is -2.49. The van der Waals surface area contributed by atoms with Gasteiger partial charge in [0, 0.05) is 50.1 Å². The van der Waals surface area contributed by atoms with Gasteiger partial charge in [-0.1, -0.05) is 17.7 Å². The van der Waals surface area contributed by atoms with E-state index in [1.807, 2.05) is 42.2 Å². The molecule has 0 saturated carbocycles. The predicted molar refractivity (Wildman–Crippen MR) is 129 cm³/mol. The van der Waals surface area contributed by atoms with Crippen LogP contribution in [0, 0.1) is 34.1 Å². The molecule has 1 aromatic heterocycles. The fourth-order valence-electron chi connectivity index (χ4n) is 3.81. The van der Waals surface area contributed by atoms with Crippen molar-refractivity contribution in [2.24, 2.45) is 0 Å². The van der Waals surface area contributed by atoms with Crippen LogP contribution in [0.4, 0.5) is 28.7 Å². The number of rotatable bonds is 6. The maximum Gasteiger partial charge on any atom is 0.277 e. The third-order valence-corrected chi connectivity index (χ3v) is 5.61. The number of hydrogen-bond acceptors (Lipinski definition) is 9. The molecule has 3 aromatic rings. The van der Waals surface area contributed by atoms with E-state index in [9.17, 15) is 25.0 Å². The fourth-order valence-corrected chi connectivity index (χ4v) is 3.81. The number of nitrogens with one attached hydrogen (secondary N) is 1. The molecule has 12 heteroatoms. The van der Waals surface area contributed by atoms with Gasteiger partial charge in [0.15, 0.2) is 0 Å². The van der Waals surface area contributed by atoms with Crippen LogP contribution in [0.15, 0.2) is 48.5 Å². The molecule has 12 nitrogen and oxygen atoms in total. The zero-order chi connectivity index (χ0) is 25.1. The average molecular weight is 477 g/mol. The van der Waals surface area contributed by atoms with Crippen molar-refractivity contribution in [3.8, 4) is 0 Å². The van der Waals surface area contributed by atoms with Crippen LogP contribution in [0.5, 0.6) is 0 Å². The first-order chi connectivity index (χ1) is 16.7. The van der Waals surface area contributed by atoms with E-state index in [0.717, 1.165) is 29.4 Å². The highest BCUT2D eigenvalue weighted by atomic mass is 16.6. The standard InChI is InChI=1S/C23H23N7O5/c1-15-3-5-18(6-4-15)26-21-14-22(25-16(2)24-21)27-7-9-28(10-8-27)23(31)17-11-19(29(32)33)13-20(12-17)30(34)35/h3-6,11-14H,7-10H2,1-2H3,(H,24,25,26). The smallest absolute Gasteiger partial charge is 0.277 e. The Balaban J connectivity index is 1.46. The van der Waals surface area contributed by atoms with E-state index in [2.05, 4.69) is 15.3 Å². The Kier molecular flexibility index (Phi) is 6.53. The fraction of sp³-hybridized carbons (Fsp3) is 0.261. The SMILES string of the molecule is Cc1ccc(Nc2cc(N3CCN(C(=O)c4cc([N+](=O)[O-])cc([N+](=O)[O-])c4)CC3)nc(C)n2)cc1. The molecule has 0 spiro atoms. The zero-order valence-electron chi connectivity index (χ0n) is 19.2. The Labute approximate surface area is 200 Å². The number of aromatic nitrogens is 2. The molecule has 1 fully saturated rings. The van der Waals surface area contributed by atoms with Crippen LogP contribution >= 0.6 is 0 Å². The van der Waals surface area contributed by atoms with Crippen molar-refractivity contribution in [2.75, 3.05) is 36.4 Å². The van der Waals surface area contributed by atoms with Gasteiger partial charge in [-0.15, -0.1) is 0 Å². The molecule has 1 aliphatic heterocycles. The van der Waals surface area contributed by atoms with Crippen LogP contribution in [-0.4, -0.2) is 56.8 Å². The summed E-state index contributed by atoms with van der Waals surface area (Å²) >= 11 is 0. The Bertz CT molecular complexity index is 1260. The minimum atomic E-state index is -0.749. The summed E-state index contributed by atoms with van der Waals surface area (Å²) in [5.41, 5.74) is 0.989. The van der Waals surface area contributed by atoms with Crippen molar-refractivity contribution in [3.63, 3.8) is 0 Å². The average Bonchev–Trinajstić information content (AvgIpc) is 2.84. The zero-order valence-corrected chi connectivity index (χ0v) is 19.2. The van der Waals surface area contributed by atoms with Crippen molar-refractivity contribution in [1.82, 2.24) is 14.9 Å². The summed E-state index contributed by atoms with van der Waals surface area (Å²) in [4.78, 5) is 46.3. The topological polar surface area (TPSA) is 148 Å². The number of nitro groups is 2. The second-order valence-corrected chi connectivity index (χ2v) is 8.18. The molecule has 1 amide bonds. The van der Waals surface area contributed by atoms with E-state index >= 15 is 0 Å². The lowest BCUT2D eigenvalue weighted by atomic mass is 10.1. The van der Waals surface area contributed by atoms with E-state index in [0.29, 0.717) is 43.6 Å². The minimum absolute atomic E-state index is 0.0817. The molecule has 0 bridgehead atoms. The number of piperazine rings is 1. The minimum Gasteiger partial charge on any atom is -0.353 e. The van der Waals surface area contributed by atoms with E-state index in [-0.39, 0.29) is 5.56 Å². The summed E-state index contributed by atoms with van der Waals surface area (Å²) in [6, 6.07) is 12.8. The summed E-state index contributed by atoms with van der Waals surface area (Å²) in [6.45, 7) is 5.44. The number of nitro benzene ring substituents is 2. The second-order valence-electron chi connectivity index (χ2n) is 8.18. The Morgan fingerprint density at radius 1 is 0.886 bits per heavy atom. The third-order valence-electron chi connectivity index (χ3n) is 5.61. The number of carbonyl (C=O) groups excluding carboxylic acids is 1. The molecule has 1 N–H and O–H groups in total. The van der Waals surface area contributed by atoms with Crippen molar-refractivity contribution in [1.29, 1.82) is 0 Å². The second kappa shape index (κ2) is 9.71. The van der Waals surface area contributed by atoms with Gasteiger partial charge in [-0.3, -0.25) is 25.0 Å². The highest BCUT2D eigenvalue weighted by molar-refractivity contribution is 5.95. The summed E-state index contributed by atoms with van der Waals surface area (Å²) in [5, 5.41) is 25.6. The van der Waals surface area contributed by atoms with Crippen LogP contribution in [0.3, 0.4) is 0 Å². The molecule has 1 saturated heterocycles. The molecule has 0 aliphatic carbocycles. The Morgan fingerprint density at radius 2 is 1.49 bits per heavy atom. The number of aryl methyl sites for hydroxylation is 2. The molecule has 2 aromatic carbocycles. The van der Waals surface area contributed by atoms with Crippen molar-refractivity contribution < 1.29 is 14.6 Å². The van der Waals surface area contributed by atoms with E-state index in [1.54, 1.807) is 6.92 Å².